The SMILES string of the molecule is O=C(c1nn(-c2nc3ccccc3[nH]2)c(O)c1CCc1ccc(F)cc1)N1CCCCC1. The highest BCUT2D eigenvalue weighted by atomic mass is 19.1. The summed E-state index contributed by atoms with van der Waals surface area (Å²) >= 11 is 0. The van der Waals surface area contributed by atoms with Gasteiger partial charge in [0.25, 0.3) is 5.91 Å². The van der Waals surface area contributed by atoms with Gasteiger partial charge in [-0.1, -0.05) is 24.3 Å². The topological polar surface area (TPSA) is 87.0 Å². The molecule has 2 aromatic carbocycles. The Morgan fingerprint density at radius 1 is 1.03 bits per heavy atom. The van der Waals surface area contributed by atoms with E-state index in [9.17, 15) is 14.3 Å². The van der Waals surface area contributed by atoms with Crippen molar-refractivity contribution in [3.8, 4) is 11.8 Å². The smallest absolute Gasteiger partial charge is 0.274 e. The molecule has 1 aliphatic heterocycles. The molecule has 0 bridgehead atoms. The predicted molar refractivity (Wildman–Crippen MR) is 118 cm³/mol. The van der Waals surface area contributed by atoms with Gasteiger partial charge in [0, 0.05) is 18.7 Å². The minimum Gasteiger partial charge on any atom is -0.493 e. The van der Waals surface area contributed by atoms with Crippen molar-refractivity contribution in [2.45, 2.75) is 32.1 Å². The third-order valence-electron chi connectivity index (χ3n) is 5.96. The van der Waals surface area contributed by atoms with E-state index in [4.69, 9.17) is 0 Å². The largest absolute Gasteiger partial charge is 0.493 e. The van der Waals surface area contributed by atoms with Gasteiger partial charge in [0.2, 0.25) is 11.8 Å². The molecule has 4 aromatic rings. The summed E-state index contributed by atoms with van der Waals surface area (Å²) in [5.41, 5.74) is 3.19. The van der Waals surface area contributed by atoms with Gasteiger partial charge in [-0.25, -0.2) is 9.37 Å². The number of aryl methyl sites for hydroxylation is 1. The van der Waals surface area contributed by atoms with E-state index >= 15 is 0 Å². The van der Waals surface area contributed by atoms with Gasteiger partial charge in [-0.15, -0.1) is 0 Å². The molecule has 1 aliphatic rings. The van der Waals surface area contributed by atoms with E-state index in [0.29, 0.717) is 37.4 Å². The molecular formula is C24H24FN5O2. The van der Waals surface area contributed by atoms with Crippen LogP contribution in [-0.2, 0) is 12.8 Å². The number of nitrogens with one attached hydrogen (secondary N) is 1. The molecule has 3 heterocycles. The fourth-order valence-electron chi connectivity index (χ4n) is 4.20. The molecule has 0 aliphatic carbocycles. The van der Waals surface area contributed by atoms with Gasteiger partial charge >= 0.3 is 0 Å². The van der Waals surface area contributed by atoms with Crippen molar-refractivity contribution in [1.82, 2.24) is 24.6 Å². The third kappa shape index (κ3) is 3.84. The summed E-state index contributed by atoms with van der Waals surface area (Å²) in [4.78, 5) is 22.8. The van der Waals surface area contributed by atoms with Gasteiger partial charge in [0.05, 0.1) is 11.0 Å². The molecule has 164 valence electrons. The lowest BCUT2D eigenvalue weighted by atomic mass is 10.0. The minimum atomic E-state index is -0.296. The summed E-state index contributed by atoms with van der Waals surface area (Å²) in [7, 11) is 0. The van der Waals surface area contributed by atoms with E-state index in [-0.39, 0.29) is 23.3 Å². The van der Waals surface area contributed by atoms with Crippen molar-refractivity contribution < 1.29 is 14.3 Å². The Balaban J connectivity index is 1.52. The summed E-state index contributed by atoms with van der Waals surface area (Å²) in [5.74, 6) is -0.227. The molecular weight excluding hydrogens is 409 g/mol. The molecule has 0 radical (unpaired) electrons. The zero-order valence-electron chi connectivity index (χ0n) is 17.6. The lowest BCUT2D eigenvalue weighted by Gasteiger charge is -2.26. The zero-order chi connectivity index (χ0) is 22.1. The molecule has 1 saturated heterocycles. The molecule has 2 N–H and O–H groups in total. The van der Waals surface area contributed by atoms with Crippen molar-refractivity contribution in [3.05, 3.63) is 71.2 Å². The zero-order valence-corrected chi connectivity index (χ0v) is 17.6. The van der Waals surface area contributed by atoms with E-state index < -0.39 is 0 Å². The Morgan fingerprint density at radius 3 is 2.53 bits per heavy atom. The van der Waals surface area contributed by atoms with Crippen molar-refractivity contribution in [3.63, 3.8) is 0 Å². The van der Waals surface area contributed by atoms with E-state index in [1.165, 1.54) is 16.8 Å². The molecule has 0 saturated carbocycles. The number of para-hydroxylation sites is 2. The minimum absolute atomic E-state index is 0.105. The monoisotopic (exact) mass is 433 g/mol. The molecule has 1 fully saturated rings. The van der Waals surface area contributed by atoms with Gasteiger partial charge in [-0.05, 0) is 61.9 Å². The molecule has 8 heteroatoms. The van der Waals surface area contributed by atoms with E-state index in [1.54, 1.807) is 17.0 Å². The number of carbonyl (C=O) groups is 1. The molecule has 0 spiro atoms. The molecule has 5 rings (SSSR count). The normalized spacial score (nSPS) is 14.2. The number of carbonyl (C=O) groups excluding carboxylic acids is 1. The number of amides is 1. The van der Waals surface area contributed by atoms with E-state index in [0.717, 1.165) is 35.9 Å². The van der Waals surface area contributed by atoms with Crippen LogP contribution in [0.2, 0.25) is 0 Å². The van der Waals surface area contributed by atoms with Crippen molar-refractivity contribution in [1.29, 1.82) is 0 Å². The Bertz CT molecular complexity index is 1220. The first-order chi connectivity index (χ1) is 15.6. The Hall–Kier alpha value is -3.68. The average molecular weight is 433 g/mol. The number of nitrogens with zero attached hydrogens (tertiary/aromatic N) is 4. The lowest BCUT2D eigenvalue weighted by Crippen LogP contribution is -2.36. The summed E-state index contributed by atoms with van der Waals surface area (Å²) in [6.07, 6.45) is 3.98. The Labute approximate surface area is 184 Å². The maximum absolute atomic E-state index is 13.3. The standard InChI is InChI=1S/C24H24FN5O2/c25-17-11-8-16(9-12-17)10-13-18-21(23(32)29-14-4-1-5-15-29)28-30(22(18)31)24-26-19-6-2-3-7-20(19)27-24/h2-3,6-9,11-12,31H,1,4-5,10,13-15H2,(H,26,27). The fraction of sp³-hybridized carbons (Fsp3) is 0.292. The van der Waals surface area contributed by atoms with Crippen LogP contribution in [0, 0.1) is 5.82 Å². The van der Waals surface area contributed by atoms with Gasteiger partial charge in [-0.3, -0.25) is 4.79 Å². The first-order valence-corrected chi connectivity index (χ1v) is 10.9. The molecule has 7 nitrogen and oxygen atoms in total. The van der Waals surface area contributed by atoms with E-state index in [2.05, 4.69) is 15.1 Å². The van der Waals surface area contributed by atoms with Crippen LogP contribution >= 0.6 is 0 Å². The second-order valence-electron chi connectivity index (χ2n) is 8.12. The van der Waals surface area contributed by atoms with Gasteiger partial charge in [0.1, 0.15) is 5.82 Å². The maximum Gasteiger partial charge on any atom is 0.274 e. The molecule has 2 aromatic heterocycles. The molecule has 0 atom stereocenters. The number of aromatic hydroxyl groups is 1. The number of imidazole rings is 1. The maximum atomic E-state index is 13.3. The Kier molecular flexibility index (Phi) is 5.34. The molecule has 1 amide bonds. The number of benzene rings is 2. The van der Waals surface area contributed by atoms with Gasteiger partial charge in [-0.2, -0.15) is 9.78 Å². The molecule has 0 unspecified atom stereocenters. The highest BCUT2D eigenvalue weighted by Gasteiger charge is 2.28. The predicted octanol–water partition coefficient (Wildman–Crippen LogP) is 4.00. The van der Waals surface area contributed by atoms with Crippen LogP contribution < -0.4 is 0 Å². The van der Waals surface area contributed by atoms with Crippen LogP contribution in [0.25, 0.3) is 17.0 Å². The Morgan fingerprint density at radius 2 is 1.78 bits per heavy atom. The van der Waals surface area contributed by atoms with Crippen molar-refractivity contribution >= 4 is 16.9 Å². The number of hydrogen-bond donors (Lipinski definition) is 2. The quantitative estimate of drug-likeness (QED) is 0.498. The number of fused-ring (bicyclic) bond motifs is 1. The number of aromatic amines is 1. The number of piperidine rings is 1. The first kappa shape index (κ1) is 20.2. The lowest BCUT2D eigenvalue weighted by molar-refractivity contribution is 0.0716. The van der Waals surface area contributed by atoms with Crippen LogP contribution in [0.5, 0.6) is 5.88 Å². The highest BCUT2D eigenvalue weighted by Crippen LogP contribution is 2.28. The number of H-pyrrole nitrogens is 1. The van der Waals surface area contributed by atoms with E-state index in [1.807, 2.05) is 24.3 Å². The summed E-state index contributed by atoms with van der Waals surface area (Å²) in [6, 6.07) is 13.8. The van der Waals surface area contributed by atoms with Gasteiger partial charge < -0.3 is 15.0 Å². The summed E-state index contributed by atoms with van der Waals surface area (Å²) < 4.78 is 14.6. The van der Waals surface area contributed by atoms with Crippen LogP contribution in [0.3, 0.4) is 0 Å². The highest BCUT2D eigenvalue weighted by molar-refractivity contribution is 5.94. The van der Waals surface area contributed by atoms with Crippen molar-refractivity contribution in [2.75, 3.05) is 13.1 Å². The number of likely N-dealkylation sites (tertiary alicyclic amines) is 1. The second kappa shape index (κ2) is 8.45. The number of rotatable bonds is 5. The second-order valence-corrected chi connectivity index (χ2v) is 8.12. The summed E-state index contributed by atoms with van der Waals surface area (Å²) in [5, 5.41) is 15.6. The first-order valence-electron chi connectivity index (χ1n) is 10.9. The third-order valence-corrected chi connectivity index (χ3v) is 5.96. The average Bonchev–Trinajstić information content (AvgIpc) is 3.39. The van der Waals surface area contributed by atoms with Crippen LogP contribution in [-0.4, -0.2) is 48.8 Å². The van der Waals surface area contributed by atoms with Crippen LogP contribution in [0.4, 0.5) is 4.39 Å². The number of halogens is 1. The fourth-order valence-corrected chi connectivity index (χ4v) is 4.20. The summed E-state index contributed by atoms with van der Waals surface area (Å²) in [6.45, 7) is 1.38. The number of hydrogen-bond acceptors (Lipinski definition) is 4. The van der Waals surface area contributed by atoms with Crippen LogP contribution in [0.1, 0.15) is 40.9 Å². The van der Waals surface area contributed by atoms with Gasteiger partial charge in [0.15, 0.2) is 5.69 Å². The molecule has 32 heavy (non-hydrogen) atoms. The number of aromatic nitrogens is 4. The van der Waals surface area contributed by atoms with Crippen molar-refractivity contribution in [2.24, 2.45) is 0 Å². The van der Waals surface area contributed by atoms with Crippen LogP contribution in [0.15, 0.2) is 48.5 Å².